The van der Waals surface area contributed by atoms with Gasteiger partial charge in [0.15, 0.2) is 6.61 Å². The van der Waals surface area contributed by atoms with Crippen molar-refractivity contribution in [3.8, 4) is 0 Å². The lowest BCUT2D eigenvalue weighted by Gasteiger charge is -2.21. The molecule has 1 aliphatic carbocycles. The van der Waals surface area contributed by atoms with Crippen LogP contribution in [0.1, 0.15) is 71.6 Å². The molecule has 2 heterocycles. The van der Waals surface area contributed by atoms with Gasteiger partial charge < -0.3 is 14.5 Å². The number of aromatic amines is 1. The Balaban J connectivity index is 1.65. The van der Waals surface area contributed by atoms with Gasteiger partial charge in [0.2, 0.25) is 17.6 Å². The zero-order valence-corrected chi connectivity index (χ0v) is 18.3. The number of hydrogen-bond acceptors (Lipinski definition) is 7. The Bertz CT molecular complexity index is 909. The van der Waals surface area contributed by atoms with Crippen molar-refractivity contribution >= 4 is 29.5 Å². The fraction of sp³-hybridized carbons (Fsp3) is 0.591. The zero-order valence-electron chi connectivity index (χ0n) is 18.3. The molecule has 3 rings (SSSR count). The standard InChI is InChI=1S/C22H28N2O7/c1-5-30-22(29)17-11(2)18(23-12(17)3)16(25)10-31-21(28)13(4)24-19(26)14-8-6-7-9-15(14)20(24)27/h13-15,23H,5-10H2,1-4H3/t13-,14-,15-/m0/s1. The Kier molecular flexibility index (Phi) is 6.62. The van der Waals surface area contributed by atoms with Crippen molar-refractivity contribution in [2.24, 2.45) is 11.8 Å². The molecular weight excluding hydrogens is 404 g/mol. The van der Waals surface area contributed by atoms with Crippen LogP contribution in [0.4, 0.5) is 0 Å². The summed E-state index contributed by atoms with van der Waals surface area (Å²) in [4.78, 5) is 66.3. The minimum absolute atomic E-state index is 0.153. The first kappa shape index (κ1) is 22.7. The minimum Gasteiger partial charge on any atom is -0.462 e. The van der Waals surface area contributed by atoms with E-state index < -0.39 is 30.4 Å². The van der Waals surface area contributed by atoms with Gasteiger partial charge in [0, 0.05) is 5.69 Å². The number of nitrogens with one attached hydrogen (secondary N) is 1. The van der Waals surface area contributed by atoms with Crippen LogP contribution in [0.3, 0.4) is 0 Å². The minimum atomic E-state index is -1.10. The average Bonchev–Trinajstić information content (AvgIpc) is 3.18. The number of fused-ring (bicyclic) bond motifs is 1. The molecule has 1 saturated carbocycles. The van der Waals surface area contributed by atoms with E-state index in [1.807, 2.05) is 0 Å². The molecular formula is C22H28N2O7. The summed E-state index contributed by atoms with van der Waals surface area (Å²) in [5, 5.41) is 0. The summed E-state index contributed by atoms with van der Waals surface area (Å²) >= 11 is 0. The molecule has 1 aromatic rings. The molecule has 0 spiro atoms. The van der Waals surface area contributed by atoms with Crippen molar-refractivity contribution in [1.82, 2.24) is 9.88 Å². The van der Waals surface area contributed by atoms with Gasteiger partial charge in [0.05, 0.1) is 29.7 Å². The first-order valence-corrected chi connectivity index (χ1v) is 10.6. The number of rotatable bonds is 7. The number of carbonyl (C=O) groups is 5. The second-order valence-electron chi connectivity index (χ2n) is 8.10. The molecule has 1 aliphatic heterocycles. The zero-order chi connectivity index (χ0) is 22.9. The van der Waals surface area contributed by atoms with Gasteiger partial charge in [-0.3, -0.25) is 19.3 Å². The molecule has 9 heteroatoms. The Hall–Kier alpha value is -2.97. The maximum Gasteiger partial charge on any atom is 0.340 e. The molecule has 2 fully saturated rings. The molecule has 0 radical (unpaired) electrons. The van der Waals surface area contributed by atoms with Gasteiger partial charge in [-0.2, -0.15) is 0 Å². The Morgan fingerprint density at radius 3 is 2.19 bits per heavy atom. The number of hydrogen-bond donors (Lipinski definition) is 1. The summed E-state index contributed by atoms with van der Waals surface area (Å²) < 4.78 is 10.1. The number of carbonyl (C=O) groups excluding carboxylic acids is 5. The molecule has 31 heavy (non-hydrogen) atoms. The first-order valence-electron chi connectivity index (χ1n) is 10.6. The number of nitrogens with zero attached hydrogens (tertiary/aromatic N) is 1. The number of aryl methyl sites for hydroxylation is 1. The summed E-state index contributed by atoms with van der Waals surface area (Å²) in [7, 11) is 0. The predicted molar refractivity (Wildman–Crippen MR) is 108 cm³/mol. The fourth-order valence-electron chi connectivity index (χ4n) is 4.54. The van der Waals surface area contributed by atoms with Crippen molar-refractivity contribution in [1.29, 1.82) is 0 Å². The number of likely N-dealkylation sites (tertiary alicyclic amines) is 1. The Labute approximate surface area is 180 Å². The van der Waals surface area contributed by atoms with Crippen LogP contribution in [0.2, 0.25) is 0 Å². The van der Waals surface area contributed by atoms with E-state index in [-0.39, 0.29) is 41.5 Å². The second kappa shape index (κ2) is 9.03. The summed E-state index contributed by atoms with van der Waals surface area (Å²) in [6.45, 7) is 6.01. The van der Waals surface area contributed by atoms with Crippen molar-refractivity contribution < 1.29 is 33.4 Å². The molecule has 0 aromatic carbocycles. The lowest BCUT2D eigenvalue weighted by Crippen LogP contribution is -2.44. The number of Topliss-reactive ketones (excluding diaryl/α,β-unsaturated/α-hetero) is 1. The van der Waals surface area contributed by atoms with Gasteiger partial charge in [-0.1, -0.05) is 12.8 Å². The molecule has 0 unspecified atom stereocenters. The van der Waals surface area contributed by atoms with Crippen molar-refractivity contribution in [3.05, 3.63) is 22.5 Å². The molecule has 2 aliphatic rings. The maximum atomic E-state index is 12.6. The monoisotopic (exact) mass is 432 g/mol. The molecule has 1 N–H and O–H groups in total. The van der Waals surface area contributed by atoms with Crippen LogP contribution in [0.25, 0.3) is 0 Å². The van der Waals surface area contributed by atoms with Crippen LogP contribution in [-0.4, -0.2) is 58.7 Å². The number of imide groups is 1. The van der Waals surface area contributed by atoms with Crippen molar-refractivity contribution in [2.75, 3.05) is 13.2 Å². The first-order chi connectivity index (χ1) is 14.7. The largest absolute Gasteiger partial charge is 0.462 e. The molecule has 0 bridgehead atoms. The number of aromatic nitrogens is 1. The SMILES string of the molecule is CCOC(=O)c1c(C)[nH]c(C(=O)COC(=O)[C@H](C)N2C(=O)[C@H]3CCCC[C@@H]3C2=O)c1C. The highest BCUT2D eigenvalue weighted by molar-refractivity contribution is 6.08. The van der Waals surface area contributed by atoms with Crippen LogP contribution in [0.5, 0.6) is 0 Å². The maximum absolute atomic E-state index is 12.6. The van der Waals surface area contributed by atoms with E-state index in [0.717, 1.165) is 17.7 Å². The third-order valence-corrected chi connectivity index (χ3v) is 6.15. The molecule has 1 aromatic heterocycles. The van der Waals surface area contributed by atoms with Crippen LogP contribution in [-0.2, 0) is 23.9 Å². The van der Waals surface area contributed by atoms with E-state index in [1.165, 1.54) is 6.92 Å². The molecule has 2 amide bonds. The van der Waals surface area contributed by atoms with Crippen LogP contribution in [0.15, 0.2) is 0 Å². The third-order valence-electron chi connectivity index (χ3n) is 6.15. The highest BCUT2D eigenvalue weighted by atomic mass is 16.5. The smallest absolute Gasteiger partial charge is 0.340 e. The lowest BCUT2D eigenvalue weighted by molar-refractivity contribution is -0.157. The van der Waals surface area contributed by atoms with E-state index in [2.05, 4.69) is 4.98 Å². The number of H-pyrrole nitrogens is 1. The normalized spacial score (nSPS) is 21.6. The number of ether oxygens (including phenoxy) is 2. The van der Waals surface area contributed by atoms with Gasteiger partial charge in [-0.05, 0) is 46.1 Å². The Morgan fingerprint density at radius 2 is 1.65 bits per heavy atom. The van der Waals surface area contributed by atoms with E-state index in [0.29, 0.717) is 24.1 Å². The molecule has 168 valence electrons. The van der Waals surface area contributed by atoms with Crippen LogP contribution in [0, 0.1) is 25.7 Å². The Morgan fingerprint density at radius 1 is 1.06 bits per heavy atom. The average molecular weight is 432 g/mol. The van der Waals surface area contributed by atoms with Crippen LogP contribution >= 0.6 is 0 Å². The molecule has 9 nitrogen and oxygen atoms in total. The summed E-state index contributed by atoms with van der Waals surface area (Å²) in [6, 6.07) is -1.10. The number of amides is 2. The highest BCUT2D eigenvalue weighted by Gasteiger charge is 2.51. The van der Waals surface area contributed by atoms with E-state index >= 15 is 0 Å². The number of esters is 2. The van der Waals surface area contributed by atoms with Crippen LogP contribution < -0.4 is 0 Å². The summed E-state index contributed by atoms with van der Waals surface area (Å²) in [5.74, 6) is -3.26. The number of ketones is 1. The van der Waals surface area contributed by atoms with Crippen molar-refractivity contribution in [3.63, 3.8) is 0 Å². The third kappa shape index (κ3) is 4.13. The summed E-state index contributed by atoms with van der Waals surface area (Å²) in [5.41, 5.74) is 1.33. The van der Waals surface area contributed by atoms with E-state index in [4.69, 9.17) is 9.47 Å². The van der Waals surface area contributed by atoms with Crippen molar-refractivity contribution in [2.45, 2.75) is 59.4 Å². The topological polar surface area (TPSA) is 123 Å². The van der Waals surface area contributed by atoms with Gasteiger partial charge in [0.1, 0.15) is 6.04 Å². The predicted octanol–water partition coefficient (Wildman–Crippen LogP) is 2.10. The molecule has 3 atom stereocenters. The highest BCUT2D eigenvalue weighted by Crippen LogP contribution is 2.38. The van der Waals surface area contributed by atoms with Gasteiger partial charge in [-0.25, -0.2) is 9.59 Å². The second-order valence-corrected chi connectivity index (χ2v) is 8.10. The van der Waals surface area contributed by atoms with Gasteiger partial charge in [0.25, 0.3) is 0 Å². The molecule has 1 saturated heterocycles. The van der Waals surface area contributed by atoms with Gasteiger partial charge >= 0.3 is 11.9 Å². The summed E-state index contributed by atoms with van der Waals surface area (Å²) in [6.07, 6.45) is 3.09. The fourth-order valence-corrected chi connectivity index (χ4v) is 4.54. The van der Waals surface area contributed by atoms with E-state index in [9.17, 15) is 24.0 Å². The quantitative estimate of drug-likeness (QED) is 0.398. The van der Waals surface area contributed by atoms with Gasteiger partial charge in [-0.15, -0.1) is 0 Å². The van der Waals surface area contributed by atoms with E-state index in [1.54, 1.807) is 20.8 Å². The lowest BCUT2D eigenvalue weighted by atomic mass is 9.81.